The van der Waals surface area contributed by atoms with Crippen LogP contribution < -0.4 is 16.3 Å². The number of hydrogen-bond acceptors (Lipinski definition) is 3. The highest BCUT2D eigenvalue weighted by Crippen LogP contribution is 2.27. The number of methoxy groups -OCH3 is 1. The van der Waals surface area contributed by atoms with E-state index in [1.54, 1.807) is 19.2 Å². The van der Waals surface area contributed by atoms with E-state index in [4.69, 9.17) is 27.9 Å². The number of ether oxygens (including phenoxy) is 1. The van der Waals surface area contributed by atoms with Crippen LogP contribution in [0.2, 0.25) is 5.02 Å². The molecule has 1 rings (SSSR count). The first-order valence-corrected chi connectivity index (χ1v) is 4.35. The third-order valence-corrected chi connectivity index (χ3v) is 2.21. The van der Waals surface area contributed by atoms with Crippen LogP contribution >= 0.6 is 11.6 Å². The summed E-state index contributed by atoms with van der Waals surface area (Å²) in [4.78, 5) is 0. The molecular weight excluding hydrogens is 202 g/mol. The van der Waals surface area contributed by atoms with Crippen LogP contribution in [-0.4, -0.2) is 12.9 Å². The summed E-state index contributed by atoms with van der Waals surface area (Å²) in [5, 5.41) is 3.90. The predicted octanol–water partition coefficient (Wildman–Crippen LogP) is 1.24. The summed E-state index contributed by atoms with van der Waals surface area (Å²) in [6.45, 7) is 1.88. The quantitative estimate of drug-likeness (QED) is 0.336. The summed E-state index contributed by atoms with van der Waals surface area (Å²) in [5.74, 6) is 5.95. The van der Waals surface area contributed by atoms with Crippen LogP contribution in [0.4, 0.5) is 0 Å². The molecule has 76 valence electrons. The number of hydrogen-bond donors (Lipinski definition) is 2. The standard InChI is InChI=1S/C9H12ClN3O/c1-5-3-8(14-2)7(10)4-6(5)9(11)13-12/h3-4H,12H2,1-2H3,(H2,11,13). The smallest absolute Gasteiger partial charge is 0.150 e. The summed E-state index contributed by atoms with van der Waals surface area (Å²) in [5.41, 5.74) is 7.22. The van der Waals surface area contributed by atoms with Crippen LogP contribution in [-0.2, 0) is 0 Å². The van der Waals surface area contributed by atoms with Crippen molar-refractivity contribution in [2.45, 2.75) is 6.92 Å². The third-order valence-electron chi connectivity index (χ3n) is 1.91. The van der Waals surface area contributed by atoms with Gasteiger partial charge in [-0.3, -0.25) is 0 Å². The number of nitrogens with zero attached hydrogens (tertiary/aromatic N) is 1. The second kappa shape index (κ2) is 4.19. The SMILES string of the molecule is COc1cc(C)c(/C(N)=N/N)cc1Cl. The van der Waals surface area contributed by atoms with E-state index in [9.17, 15) is 0 Å². The normalized spacial score (nSPS) is 11.5. The van der Waals surface area contributed by atoms with Crippen LogP contribution in [0.1, 0.15) is 11.1 Å². The first kappa shape index (κ1) is 10.7. The molecule has 1 aromatic rings. The molecule has 0 aliphatic rings. The van der Waals surface area contributed by atoms with E-state index >= 15 is 0 Å². The summed E-state index contributed by atoms with van der Waals surface area (Å²) in [6, 6.07) is 3.47. The molecule has 0 bridgehead atoms. The topological polar surface area (TPSA) is 73.6 Å². The Balaban J connectivity index is 3.29. The van der Waals surface area contributed by atoms with Gasteiger partial charge in [0.05, 0.1) is 12.1 Å². The molecular formula is C9H12ClN3O. The molecule has 0 saturated carbocycles. The van der Waals surface area contributed by atoms with Crippen LogP contribution in [0.5, 0.6) is 5.75 Å². The zero-order valence-electron chi connectivity index (χ0n) is 8.04. The van der Waals surface area contributed by atoms with Crippen LogP contribution in [0.25, 0.3) is 0 Å². The van der Waals surface area contributed by atoms with E-state index in [0.29, 0.717) is 10.8 Å². The minimum atomic E-state index is 0.257. The highest BCUT2D eigenvalue weighted by molar-refractivity contribution is 6.32. The predicted molar refractivity (Wildman–Crippen MR) is 57.7 cm³/mol. The number of hydrazone groups is 1. The van der Waals surface area contributed by atoms with E-state index in [1.807, 2.05) is 6.92 Å². The van der Waals surface area contributed by atoms with Crippen molar-refractivity contribution in [1.82, 2.24) is 0 Å². The fraction of sp³-hybridized carbons (Fsp3) is 0.222. The van der Waals surface area contributed by atoms with Crippen molar-refractivity contribution in [3.05, 3.63) is 28.3 Å². The Morgan fingerprint density at radius 1 is 1.50 bits per heavy atom. The van der Waals surface area contributed by atoms with Gasteiger partial charge in [0.2, 0.25) is 0 Å². The Hall–Kier alpha value is -1.42. The van der Waals surface area contributed by atoms with Gasteiger partial charge in [-0.25, -0.2) is 0 Å². The van der Waals surface area contributed by atoms with E-state index in [2.05, 4.69) is 5.10 Å². The molecule has 0 aliphatic heterocycles. The first-order valence-electron chi connectivity index (χ1n) is 3.98. The lowest BCUT2D eigenvalue weighted by molar-refractivity contribution is 0.414. The summed E-state index contributed by atoms with van der Waals surface area (Å²) in [7, 11) is 1.56. The van der Waals surface area contributed by atoms with Gasteiger partial charge in [0, 0.05) is 5.56 Å². The molecule has 0 atom stereocenters. The van der Waals surface area contributed by atoms with Gasteiger partial charge < -0.3 is 16.3 Å². The first-order chi connectivity index (χ1) is 6.60. The summed E-state index contributed by atoms with van der Waals surface area (Å²) < 4.78 is 5.05. The van der Waals surface area contributed by atoms with Crippen molar-refractivity contribution in [2.75, 3.05) is 7.11 Å². The molecule has 14 heavy (non-hydrogen) atoms. The maximum absolute atomic E-state index is 5.93. The molecule has 0 saturated heterocycles. The molecule has 5 heteroatoms. The summed E-state index contributed by atoms with van der Waals surface area (Å²) in [6.07, 6.45) is 0. The van der Waals surface area contributed by atoms with Crippen molar-refractivity contribution in [3.63, 3.8) is 0 Å². The molecule has 0 fully saturated rings. The van der Waals surface area contributed by atoms with Crippen LogP contribution in [0.15, 0.2) is 17.2 Å². The Labute approximate surface area is 87.5 Å². The molecule has 0 radical (unpaired) electrons. The van der Waals surface area contributed by atoms with Gasteiger partial charge in [0.15, 0.2) is 5.84 Å². The Kier molecular flexibility index (Phi) is 3.19. The minimum Gasteiger partial charge on any atom is -0.495 e. The highest BCUT2D eigenvalue weighted by atomic mass is 35.5. The Morgan fingerprint density at radius 3 is 2.64 bits per heavy atom. The third kappa shape index (κ3) is 1.90. The molecule has 1 aromatic carbocycles. The van der Waals surface area contributed by atoms with Crippen molar-refractivity contribution in [2.24, 2.45) is 16.7 Å². The Bertz CT molecular complexity index is 377. The van der Waals surface area contributed by atoms with Gasteiger partial charge >= 0.3 is 0 Å². The molecule has 0 heterocycles. The highest BCUT2D eigenvalue weighted by Gasteiger charge is 2.08. The number of benzene rings is 1. The number of aryl methyl sites for hydroxylation is 1. The minimum absolute atomic E-state index is 0.257. The number of nitrogens with two attached hydrogens (primary N) is 2. The molecule has 0 unspecified atom stereocenters. The second-order valence-corrected chi connectivity index (χ2v) is 3.22. The summed E-state index contributed by atoms with van der Waals surface area (Å²) >= 11 is 5.93. The molecule has 4 N–H and O–H groups in total. The lowest BCUT2D eigenvalue weighted by Gasteiger charge is -2.08. The van der Waals surface area contributed by atoms with E-state index < -0.39 is 0 Å². The number of halogens is 1. The maximum atomic E-state index is 5.93. The maximum Gasteiger partial charge on any atom is 0.150 e. The second-order valence-electron chi connectivity index (χ2n) is 2.82. The average Bonchev–Trinajstić information content (AvgIpc) is 2.19. The zero-order chi connectivity index (χ0) is 10.7. The number of rotatable bonds is 2. The van der Waals surface area contributed by atoms with Gasteiger partial charge in [0.25, 0.3) is 0 Å². The van der Waals surface area contributed by atoms with Crippen molar-refractivity contribution in [3.8, 4) is 5.75 Å². The monoisotopic (exact) mass is 213 g/mol. The van der Waals surface area contributed by atoms with E-state index in [0.717, 1.165) is 11.1 Å². The zero-order valence-corrected chi connectivity index (χ0v) is 8.80. The van der Waals surface area contributed by atoms with E-state index in [1.165, 1.54) is 0 Å². The fourth-order valence-electron chi connectivity index (χ4n) is 1.16. The Morgan fingerprint density at radius 2 is 2.14 bits per heavy atom. The van der Waals surface area contributed by atoms with Crippen molar-refractivity contribution < 1.29 is 4.74 Å². The molecule has 4 nitrogen and oxygen atoms in total. The van der Waals surface area contributed by atoms with Crippen LogP contribution in [0, 0.1) is 6.92 Å². The van der Waals surface area contributed by atoms with Crippen LogP contribution in [0.3, 0.4) is 0 Å². The molecule has 0 spiro atoms. The fourth-order valence-corrected chi connectivity index (χ4v) is 1.40. The van der Waals surface area contributed by atoms with Crippen molar-refractivity contribution >= 4 is 17.4 Å². The van der Waals surface area contributed by atoms with E-state index in [-0.39, 0.29) is 5.84 Å². The largest absolute Gasteiger partial charge is 0.495 e. The van der Waals surface area contributed by atoms with Gasteiger partial charge in [-0.15, -0.1) is 0 Å². The number of amidine groups is 1. The van der Waals surface area contributed by atoms with Crippen molar-refractivity contribution in [1.29, 1.82) is 0 Å². The van der Waals surface area contributed by atoms with Gasteiger partial charge in [-0.2, -0.15) is 5.10 Å². The van der Waals surface area contributed by atoms with Gasteiger partial charge in [-0.1, -0.05) is 11.6 Å². The average molecular weight is 214 g/mol. The van der Waals surface area contributed by atoms with Gasteiger partial charge in [-0.05, 0) is 24.6 Å². The lowest BCUT2D eigenvalue weighted by Crippen LogP contribution is -2.16. The molecule has 0 aromatic heterocycles. The molecule has 0 amide bonds. The lowest BCUT2D eigenvalue weighted by atomic mass is 10.1. The molecule has 0 aliphatic carbocycles. The van der Waals surface area contributed by atoms with Gasteiger partial charge in [0.1, 0.15) is 5.75 Å².